The normalized spacial score (nSPS) is 23.9. The summed E-state index contributed by atoms with van der Waals surface area (Å²) in [5.74, 6) is 0.302. The fourth-order valence-electron chi connectivity index (χ4n) is 2.99. The van der Waals surface area contributed by atoms with Gasteiger partial charge in [0.15, 0.2) is 0 Å². The molecule has 0 aromatic carbocycles. The number of hydrogen-bond donors (Lipinski definition) is 1. The first kappa shape index (κ1) is 16.7. The summed E-state index contributed by atoms with van der Waals surface area (Å²) in [7, 11) is 0. The molecule has 1 N–H and O–H groups in total. The van der Waals surface area contributed by atoms with Crippen LogP contribution in [0.4, 0.5) is 0 Å². The average molecular weight is 291 g/mol. The molecule has 112 valence electrons. The lowest BCUT2D eigenvalue weighted by molar-refractivity contribution is -0.136. The quantitative estimate of drug-likeness (QED) is 0.842. The van der Waals surface area contributed by atoms with E-state index in [1.807, 2.05) is 0 Å². The predicted octanol–water partition coefficient (Wildman–Crippen LogP) is 1.97. The molecular weight excluding hydrogens is 264 g/mol. The summed E-state index contributed by atoms with van der Waals surface area (Å²) in [6.07, 6.45) is 6.16. The Hall–Kier alpha value is -0.320. The lowest BCUT2D eigenvalue weighted by Crippen LogP contribution is -2.47. The second-order valence-electron chi connectivity index (χ2n) is 5.41. The van der Waals surface area contributed by atoms with Crippen LogP contribution in [-0.2, 0) is 9.53 Å². The Balaban J connectivity index is 0.00000180. The van der Waals surface area contributed by atoms with Crippen LogP contribution in [0.5, 0.6) is 0 Å². The summed E-state index contributed by atoms with van der Waals surface area (Å²) in [5.41, 5.74) is 0. The highest BCUT2D eigenvalue weighted by atomic mass is 35.5. The van der Waals surface area contributed by atoms with Crippen LogP contribution >= 0.6 is 12.4 Å². The Bertz CT molecular complexity index is 264. The number of hydrogen-bond acceptors (Lipinski definition) is 3. The average Bonchev–Trinajstić information content (AvgIpc) is 2.89. The van der Waals surface area contributed by atoms with Crippen molar-refractivity contribution < 1.29 is 9.53 Å². The number of halogens is 1. The zero-order valence-electron chi connectivity index (χ0n) is 11.9. The van der Waals surface area contributed by atoms with Crippen molar-refractivity contribution in [1.82, 2.24) is 10.2 Å². The summed E-state index contributed by atoms with van der Waals surface area (Å²) >= 11 is 0. The lowest BCUT2D eigenvalue weighted by atomic mass is 10.0. The number of piperidine rings is 1. The number of rotatable bonds is 5. The van der Waals surface area contributed by atoms with Crippen molar-refractivity contribution in [2.75, 3.05) is 26.2 Å². The SMILES string of the molecule is CCCN(C(=O)CC1CCCO1)C1CCNCC1.Cl. The smallest absolute Gasteiger partial charge is 0.225 e. The summed E-state index contributed by atoms with van der Waals surface area (Å²) in [6, 6.07) is 0.445. The Morgan fingerprint density at radius 2 is 2.05 bits per heavy atom. The standard InChI is InChI=1S/C14H26N2O2.ClH/c1-2-9-16(12-5-7-15-8-6-12)14(17)11-13-4-3-10-18-13;/h12-13,15H,2-11H2,1H3;1H. The molecule has 1 unspecified atom stereocenters. The topological polar surface area (TPSA) is 41.6 Å². The molecule has 2 rings (SSSR count). The van der Waals surface area contributed by atoms with E-state index in [9.17, 15) is 4.79 Å². The minimum atomic E-state index is 0. The molecule has 4 nitrogen and oxygen atoms in total. The molecule has 0 saturated carbocycles. The predicted molar refractivity (Wildman–Crippen MR) is 78.7 cm³/mol. The Morgan fingerprint density at radius 1 is 1.32 bits per heavy atom. The highest BCUT2D eigenvalue weighted by Crippen LogP contribution is 2.19. The minimum absolute atomic E-state index is 0. The van der Waals surface area contributed by atoms with Crippen LogP contribution in [0.3, 0.4) is 0 Å². The van der Waals surface area contributed by atoms with Gasteiger partial charge in [-0.3, -0.25) is 4.79 Å². The summed E-state index contributed by atoms with van der Waals surface area (Å²) in [4.78, 5) is 14.5. The van der Waals surface area contributed by atoms with E-state index in [-0.39, 0.29) is 18.5 Å². The third kappa shape index (κ3) is 4.93. The fourth-order valence-corrected chi connectivity index (χ4v) is 2.99. The molecule has 0 aliphatic carbocycles. The van der Waals surface area contributed by atoms with Gasteiger partial charge in [0.1, 0.15) is 0 Å². The molecular formula is C14H27ClN2O2. The Labute approximate surface area is 122 Å². The van der Waals surface area contributed by atoms with Crippen LogP contribution in [-0.4, -0.2) is 49.2 Å². The van der Waals surface area contributed by atoms with Crippen molar-refractivity contribution in [3.05, 3.63) is 0 Å². The van der Waals surface area contributed by atoms with Crippen molar-refractivity contribution in [2.24, 2.45) is 0 Å². The minimum Gasteiger partial charge on any atom is -0.378 e. The zero-order chi connectivity index (χ0) is 12.8. The maximum absolute atomic E-state index is 12.4. The lowest BCUT2D eigenvalue weighted by Gasteiger charge is -2.35. The van der Waals surface area contributed by atoms with E-state index in [0.29, 0.717) is 18.4 Å². The molecule has 2 fully saturated rings. The van der Waals surface area contributed by atoms with E-state index in [0.717, 1.165) is 58.3 Å². The monoisotopic (exact) mass is 290 g/mol. The van der Waals surface area contributed by atoms with Gasteiger partial charge in [-0.2, -0.15) is 0 Å². The number of nitrogens with one attached hydrogen (secondary N) is 1. The van der Waals surface area contributed by atoms with Crippen molar-refractivity contribution in [2.45, 2.75) is 57.6 Å². The summed E-state index contributed by atoms with van der Waals surface area (Å²) < 4.78 is 5.58. The zero-order valence-corrected chi connectivity index (χ0v) is 12.7. The van der Waals surface area contributed by atoms with Gasteiger partial charge in [0.2, 0.25) is 5.91 Å². The highest BCUT2D eigenvalue weighted by molar-refractivity contribution is 5.85. The first-order chi connectivity index (χ1) is 8.81. The first-order valence-corrected chi connectivity index (χ1v) is 7.43. The molecule has 0 spiro atoms. The van der Waals surface area contributed by atoms with E-state index in [1.165, 1.54) is 0 Å². The second kappa shape index (κ2) is 8.77. The van der Waals surface area contributed by atoms with Gasteiger partial charge in [0, 0.05) is 19.2 Å². The third-order valence-corrected chi connectivity index (χ3v) is 3.96. The van der Waals surface area contributed by atoms with E-state index in [4.69, 9.17) is 4.74 Å². The van der Waals surface area contributed by atoms with E-state index in [1.54, 1.807) is 0 Å². The Morgan fingerprint density at radius 3 is 2.63 bits per heavy atom. The van der Waals surface area contributed by atoms with Crippen LogP contribution in [0.25, 0.3) is 0 Å². The molecule has 5 heteroatoms. The number of ether oxygens (including phenoxy) is 1. The molecule has 0 aromatic rings. The van der Waals surface area contributed by atoms with Gasteiger partial charge >= 0.3 is 0 Å². The molecule has 1 atom stereocenters. The van der Waals surface area contributed by atoms with Gasteiger partial charge in [0.05, 0.1) is 12.5 Å². The van der Waals surface area contributed by atoms with E-state index in [2.05, 4.69) is 17.1 Å². The largest absolute Gasteiger partial charge is 0.378 e. The molecule has 0 radical (unpaired) electrons. The van der Waals surface area contributed by atoms with Gasteiger partial charge in [-0.05, 0) is 45.2 Å². The summed E-state index contributed by atoms with van der Waals surface area (Å²) in [6.45, 7) is 5.96. The molecule has 1 amide bonds. The van der Waals surface area contributed by atoms with E-state index < -0.39 is 0 Å². The maximum atomic E-state index is 12.4. The van der Waals surface area contributed by atoms with E-state index >= 15 is 0 Å². The molecule has 19 heavy (non-hydrogen) atoms. The maximum Gasteiger partial charge on any atom is 0.225 e. The van der Waals surface area contributed by atoms with Gasteiger partial charge in [-0.1, -0.05) is 6.92 Å². The molecule has 0 aromatic heterocycles. The number of nitrogens with zero attached hydrogens (tertiary/aromatic N) is 1. The van der Waals surface area contributed by atoms with Gasteiger partial charge in [-0.25, -0.2) is 0 Å². The van der Waals surface area contributed by atoms with Crippen LogP contribution in [0.15, 0.2) is 0 Å². The van der Waals surface area contributed by atoms with Gasteiger partial charge in [0.25, 0.3) is 0 Å². The van der Waals surface area contributed by atoms with Crippen molar-refractivity contribution in [3.63, 3.8) is 0 Å². The number of carbonyl (C=O) groups excluding carboxylic acids is 1. The van der Waals surface area contributed by atoms with Gasteiger partial charge < -0.3 is 15.0 Å². The highest BCUT2D eigenvalue weighted by Gasteiger charge is 2.27. The van der Waals surface area contributed by atoms with Crippen molar-refractivity contribution in [3.8, 4) is 0 Å². The third-order valence-electron chi connectivity index (χ3n) is 3.96. The van der Waals surface area contributed by atoms with Crippen LogP contribution in [0.2, 0.25) is 0 Å². The molecule has 2 saturated heterocycles. The van der Waals surface area contributed by atoms with Crippen molar-refractivity contribution >= 4 is 18.3 Å². The van der Waals surface area contributed by atoms with Crippen LogP contribution in [0.1, 0.15) is 45.4 Å². The van der Waals surface area contributed by atoms with Crippen LogP contribution in [0, 0.1) is 0 Å². The first-order valence-electron chi connectivity index (χ1n) is 7.43. The molecule has 0 bridgehead atoms. The van der Waals surface area contributed by atoms with Crippen LogP contribution < -0.4 is 5.32 Å². The number of carbonyl (C=O) groups is 1. The summed E-state index contributed by atoms with van der Waals surface area (Å²) in [5, 5.41) is 3.36. The Kier molecular flexibility index (Phi) is 7.73. The molecule has 2 aliphatic heterocycles. The number of amides is 1. The van der Waals surface area contributed by atoms with Gasteiger partial charge in [-0.15, -0.1) is 12.4 Å². The van der Waals surface area contributed by atoms with Crippen molar-refractivity contribution in [1.29, 1.82) is 0 Å². The fraction of sp³-hybridized carbons (Fsp3) is 0.929. The second-order valence-corrected chi connectivity index (χ2v) is 5.41. The molecule has 2 heterocycles. The molecule has 2 aliphatic rings.